The lowest BCUT2D eigenvalue weighted by molar-refractivity contribution is -0.150. The lowest BCUT2D eigenvalue weighted by Gasteiger charge is -2.38. The number of para-hydroxylation sites is 1. The lowest BCUT2D eigenvalue weighted by Crippen LogP contribution is -2.38. The smallest absolute Gasteiger partial charge is 0.313 e. The molecule has 22 heavy (non-hydrogen) atoms. The van der Waals surface area contributed by atoms with Gasteiger partial charge in [0.2, 0.25) is 0 Å². The summed E-state index contributed by atoms with van der Waals surface area (Å²) < 4.78 is 11.6. The maximum Gasteiger partial charge on any atom is 0.313 e. The quantitative estimate of drug-likeness (QED) is 0.790. The van der Waals surface area contributed by atoms with Crippen LogP contribution in [0.3, 0.4) is 0 Å². The SMILES string of the molecule is CC1(C)CC(C(=O)OCC2CC3(CC3)C2)c2ccccc2O1. The van der Waals surface area contributed by atoms with Gasteiger partial charge in [0.25, 0.3) is 0 Å². The molecule has 3 nitrogen and oxygen atoms in total. The minimum atomic E-state index is -0.327. The number of carbonyl (C=O) groups is 1. The Balaban J connectivity index is 1.43. The Hall–Kier alpha value is -1.51. The van der Waals surface area contributed by atoms with Crippen molar-refractivity contribution in [2.24, 2.45) is 11.3 Å². The van der Waals surface area contributed by atoms with Crippen molar-refractivity contribution in [2.45, 2.75) is 57.5 Å². The van der Waals surface area contributed by atoms with E-state index in [0.29, 0.717) is 24.4 Å². The molecule has 0 amide bonds. The van der Waals surface area contributed by atoms with Crippen molar-refractivity contribution >= 4 is 5.97 Å². The third-order valence-electron chi connectivity index (χ3n) is 5.52. The second-order valence-electron chi connectivity index (χ2n) is 8.06. The molecule has 1 aromatic rings. The van der Waals surface area contributed by atoms with Crippen LogP contribution in [-0.2, 0) is 9.53 Å². The van der Waals surface area contributed by atoms with Crippen LogP contribution in [0, 0.1) is 11.3 Å². The zero-order valence-electron chi connectivity index (χ0n) is 13.4. The summed E-state index contributed by atoms with van der Waals surface area (Å²) in [5, 5.41) is 0. The van der Waals surface area contributed by atoms with E-state index < -0.39 is 0 Å². The third kappa shape index (κ3) is 2.51. The number of benzene rings is 1. The molecule has 118 valence electrons. The van der Waals surface area contributed by atoms with Crippen molar-refractivity contribution in [1.82, 2.24) is 0 Å². The Morgan fingerprint density at radius 2 is 1.95 bits per heavy atom. The molecule has 1 atom stereocenters. The van der Waals surface area contributed by atoms with E-state index in [2.05, 4.69) is 0 Å². The molecule has 3 heteroatoms. The number of hydrogen-bond donors (Lipinski definition) is 0. The molecule has 2 saturated carbocycles. The van der Waals surface area contributed by atoms with Gasteiger partial charge in [-0.2, -0.15) is 0 Å². The van der Waals surface area contributed by atoms with Crippen molar-refractivity contribution in [3.63, 3.8) is 0 Å². The molecule has 1 aromatic carbocycles. The minimum Gasteiger partial charge on any atom is -0.488 e. The normalized spacial score (nSPS) is 27.5. The summed E-state index contributed by atoms with van der Waals surface area (Å²) in [5.74, 6) is 1.13. The highest BCUT2D eigenvalue weighted by molar-refractivity contribution is 5.79. The first-order valence-corrected chi connectivity index (χ1v) is 8.41. The Morgan fingerprint density at radius 1 is 1.23 bits per heavy atom. The first-order valence-electron chi connectivity index (χ1n) is 8.41. The average molecular weight is 300 g/mol. The van der Waals surface area contributed by atoms with Gasteiger partial charge in [0.1, 0.15) is 11.4 Å². The summed E-state index contributed by atoms with van der Waals surface area (Å²) in [6.07, 6.45) is 5.97. The van der Waals surface area contributed by atoms with Gasteiger partial charge < -0.3 is 9.47 Å². The molecular weight excluding hydrogens is 276 g/mol. The molecule has 1 unspecified atom stereocenters. The van der Waals surface area contributed by atoms with Gasteiger partial charge in [-0.1, -0.05) is 18.2 Å². The second kappa shape index (κ2) is 4.74. The highest BCUT2D eigenvalue weighted by Gasteiger charge is 2.53. The Labute approximate surface area is 132 Å². The summed E-state index contributed by atoms with van der Waals surface area (Å²) in [7, 11) is 0. The molecule has 1 spiro atoms. The Kier molecular flexibility index (Phi) is 3.04. The van der Waals surface area contributed by atoms with Crippen LogP contribution in [0.15, 0.2) is 24.3 Å². The maximum atomic E-state index is 12.6. The van der Waals surface area contributed by atoms with Gasteiger partial charge in [0.15, 0.2) is 0 Å². The van der Waals surface area contributed by atoms with Gasteiger partial charge in [-0.25, -0.2) is 0 Å². The van der Waals surface area contributed by atoms with Gasteiger partial charge in [-0.05, 0) is 56.9 Å². The topological polar surface area (TPSA) is 35.5 Å². The maximum absolute atomic E-state index is 12.6. The zero-order valence-corrected chi connectivity index (χ0v) is 13.4. The Morgan fingerprint density at radius 3 is 2.68 bits per heavy atom. The largest absolute Gasteiger partial charge is 0.488 e. The van der Waals surface area contributed by atoms with Crippen LogP contribution in [0.25, 0.3) is 0 Å². The van der Waals surface area contributed by atoms with Gasteiger partial charge in [-0.15, -0.1) is 0 Å². The number of hydrogen-bond acceptors (Lipinski definition) is 3. The van der Waals surface area contributed by atoms with E-state index in [1.165, 1.54) is 25.7 Å². The van der Waals surface area contributed by atoms with Crippen molar-refractivity contribution in [3.05, 3.63) is 29.8 Å². The average Bonchev–Trinajstić information content (AvgIpc) is 3.22. The van der Waals surface area contributed by atoms with Gasteiger partial charge in [-0.3, -0.25) is 4.79 Å². The molecule has 3 aliphatic rings. The van der Waals surface area contributed by atoms with E-state index in [1.807, 2.05) is 38.1 Å². The van der Waals surface area contributed by atoms with Crippen molar-refractivity contribution < 1.29 is 14.3 Å². The molecule has 2 fully saturated rings. The van der Waals surface area contributed by atoms with E-state index >= 15 is 0 Å². The van der Waals surface area contributed by atoms with Crippen LogP contribution in [0.2, 0.25) is 0 Å². The standard InChI is InChI=1S/C19H24O3/c1-18(2)11-15(14-5-3-4-6-16(14)22-18)17(20)21-12-13-9-19(10-13)7-8-19/h3-6,13,15H,7-12H2,1-2H3. The molecule has 0 N–H and O–H groups in total. The predicted molar refractivity (Wildman–Crippen MR) is 83.9 cm³/mol. The molecule has 0 aromatic heterocycles. The van der Waals surface area contributed by atoms with Crippen LogP contribution < -0.4 is 4.74 Å². The molecule has 2 aliphatic carbocycles. The number of ether oxygens (including phenoxy) is 2. The molecule has 0 radical (unpaired) electrons. The summed E-state index contributed by atoms with van der Waals surface area (Å²) in [6.45, 7) is 4.67. The van der Waals surface area contributed by atoms with E-state index in [0.717, 1.165) is 11.3 Å². The van der Waals surface area contributed by atoms with Crippen LogP contribution in [-0.4, -0.2) is 18.2 Å². The van der Waals surface area contributed by atoms with Gasteiger partial charge in [0, 0.05) is 12.0 Å². The van der Waals surface area contributed by atoms with Crippen molar-refractivity contribution in [2.75, 3.05) is 6.61 Å². The highest BCUT2D eigenvalue weighted by Crippen LogP contribution is 2.63. The van der Waals surface area contributed by atoms with E-state index in [4.69, 9.17) is 9.47 Å². The minimum absolute atomic E-state index is 0.0828. The number of carbonyl (C=O) groups excluding carboxylic acids is 1. The van der Waals surface area contributed by atoms with Crippen LogP contribution in [0.4, 0.5) is 0 Å². The van der Waals surface area contributed by atoms with E-state index in [9.17, 15) is 4.79 Å². The second-order valence-corrected chi connectivity index (χ2v) is 8.06. The van der Waals surface area contributed by atoms with Crippen molar-refractivity contribution in [1.29, 1.82) is 0 Å². The van der Waals surface area contributed by atoms with Crippen LogP contribution in [0.5, 0.6) is 5.75 Å². The Bertz CT molecular complexity index is 592. The van der Waals surface area contributed by atoms with E-state index in [-0.39, 0.29) is 17.5 Å². The molecule has 1 heterocycles. The van der Waals surface area contributed by atoms with Crippen LogP contribution in [0.1, 0.15) is 57.4 Å². The summed E-state index contributed by atoms with van der Waals surface area (Å²) in [6, 6.07) is 7.84. The fourth-order valence-corrected chi connectivity index (χ4v) is 4.18. The summed E-state index contributed by atoms with van der Waals surface area (Å²) in [4.78, 5) is 12.6. The highest BCUT2D eigenvalue weighted by atomic mass is 16.5. The molecule has 0 saturated heterocycles. The fraction of sp³-hybridized carbons (Fsp3) is 0.632. The zero-order chi connectivity index (χ0) is 15.4. The van der Waals surface area contributed by atoms with E-state index in [1.54, 1.807) is 0 Å². The molecular formula is C19H24O3. The van der Waals surface area contributed by atoms with Crippen LogP contribution >= 0.6 is 0 Å². The summed E-state index contributed by atoms with van der Waals surface area (Å²) in [5.41, 5.74) is 1.32. The van der Waals surface area contributed by atoms with Crippen molar-refractivity contribution in [3.8, 4) is 5.75 Å². The third-order valence-corrected chi connectivity index (χ3v) is 5.52. The monoisotopic (exact) mass is 300 g/mol. The number of esters is 1. The number of fused-ring (bicyclic) bond motifs is 1. The molecule has 4 rings (SSSR count). The lowest BCUT2D eigenvalue weighted by atomic mass is 9.72. The number of rotatable bonds is 3. The van der Waals surface area contributed by atoms with Gasteiger partial charge >= 0.3 is 5.97 Å². The molecule has 1 aliphatic heterocycles. The van der Waals surface area contributed by atoms with Gasteiger partial charge in [0.05, 0.1) is 12.5 Å². The first kappa shape index (κ1) is 14.1. The predicted octanol–water partition coefficient (Wildman–Crippen LogP) is 4.06. The fourth-order valence-electron chi connectivity index (χ4n) is 4.18. The summed E-state index contributed by atoms with van der Waals surface area (Å²) >= 11 is 0. The molecule has 0 bridgehead atoms. The first-order chi connectivity index (χ1) is 10.5.